The van der Waals surface area contributed by atoms with E-state index in [1.807, 2.05) is 31.2 Å². The third-order valence-corrected chi connectivity index (χ3v) is 3.31. The lowest BCUT2D eigenvalue weighted by atomic mass is 10.2. The van der Waals surface area contributed by atoms with E-state index in [0.717, 1.165) is 15.7 Å². The summed E-state index contributed by atoms with van der Waals surface area (Å²) in [5.74, 6) is -0.319. The van der Waals surface area contributed by atoms with Crippen molar-refractivity contribution in [2.75, 3.05) is 6.61 Å². The number of aromatic nitrogens is 2. The Labute approximate surface area is 120 Å². The van der Waals surface area contributed by atoms with Crippen LogP contribution in [-0.4, -0.2) is 22.4 Å². The van der Waals surface area contributed by atoms with Crippen LogP contribution in [0.15, 0.2) is 34.9 Å². The van der Waals surface area contributed by atoms with Crippen LogP contribution in [0.3, 0.4) is 0 Å². The van der Waals surface area contributed by atoms with Crippen LogP contribution in [0.2, 0.25) is 0 Å². The Morgan fingerprint density at radius 3 is 2.95 bits per heavy atom. The van der Waals surface area contributed by atoms with Gasteiger partial charge in [-0.05, 0) is 31.5 Å². The lowest BCUT2D eigenvalue weighted by Gasteiger charge is -2.06. The average Bonchev–Trinajstić information content (AvgIpc) is 2.71. The van der Waals surface area contributed by atoms with Crippen LogP contribution in [0, 0.1) is 6.92 Å². The number of esters is 1. The molecular weight excluding hydrogens is 308 g/mol. The van der Waals surface area contributed by atoms with Crippen LogP contribution in [0.4, 0.5) is 0 Å². The molecule has 0 aliphatic rings. The highest BCUT2D eigenvalue weighted by Gasteiger charge is 2.15. The van der Waals surface area contributed by atoms with E-state index in [1.54, 1.807) is 17.8 Å². The van der Waals surface area contributed by atoms with E-state index < -0.39 is 0 Å². The zero-order valence-electron chi connectivity index (χ0n) is 10.9. The number of halogens is 1. The number of carbonyl (C=O) groups is 1. The topological polar surface area (TPSA) is 44.1 Å². The van der Waals surface area contributed by atoms with Crippen molar-refractivity contribution in [3.63, 3.8) is 0 Å². The summed E-state index contributed by atoms with van der Waals surface area (Å²) in [5, 5.41) is 4.24. The normalized spacial score (nSPS) is 10.5. The monoisotopic (exact) mass is 322 g/mol. The Morgan fingerprint density at radius 1 is 1.47 bits per heavy atom. The number of hydrogen-bond donors (Lipinski definition) is 0. The summed E-state index contributed by atoms with van der Waals surface area (Å²) in [7, 11) is 0. The van der Waals surface area contributed by atoms with Gasteiger partial charge in [0.15, 0.2) is 0 Å². The summed E-state index contributed by atoms with van der Waals surface area (Å²) < 4.78 is 7.82. The van der Waals surface area contributed by atoms with E-state index in [-0.39, 0.29) is 5.97 Å². The minimum absolute atomic E-state index is 0.319. The quantitative estimate of drug-likeness (QED) is 0.812. The second kappa shape index (κ2) is 6.02. The molecule has 19 heavy (non-hydrogen) atoms. The number of ether oxygens (including phenoxy) is 1. The fraction of sp³-hybridized carbons (Fsp3) is 0.286. The number of carbonyl (C=O) groups excluding carboxylic acids is 1. The molecule has 0 unspecified atom stereocenters. The largest absolute Gasteiger partial charge is 0.462 e. The van der Waals surface area contributed by atoms with Gasteiger partial charge in [0.1, 0.15) is 5.56 Å². The zero-order valence-corrected chi connectivity index (χ0v) is 12.5. The number of benzene rings is 1. The molecule has 0 saturated carbocycles. The molecule has 0 radical (unpaired) electrons. The molecule has 0 spiro atoms. The van der Waals surface area contributed by atoms with E-state index in [9.17, 15) is 4.79 Å². The number of nitrogens with zero attached hydrogens (tertiary/aromatic N) is 2. The Hall–Kier alpha value is -1.62. The second-order valence-electron chi connectivity index (χ2n) is 4.15. The molecule has 0 amide bonds. The standard InChI is InChI=1S/C14H15BrN2O2/c1-3-19-14(18)13-8-16-17(10(13)2)9-11-5-4-6-12(15)7-11/h4-8H,3,9H2,1-2H3. The lowest BCUT2D eigenvalue weighted by molar-refractivity contribution is 0.0525. The van der Waals surface area contributed by atoms with Crippen molar-refractivity contribution in [2.45, 2.75) is 20.4 Å². The fourth-order valence-corrected chi connectivity index (χ4v) is 2.27. The highest BCUT2D eigenvalue weighted by molar-refractivity contribution is 9.10. The molecule has 0 aliphatic heterocycles. The molecule has 4 nitrogen and oxygen atoms in total. The number of hydrogen-bond acceptors (Lipinski definition) is 3. The molecule has 100 valence electrons. The van der Waals surface area contributed by atoms with Crippen LogP contribution >= 0.6 is 15.9 Å². The summed E-state index contributed by atoms with van der Waals surface area (Å²) in [6.07, 6.45) is 1.56. The van der Waals surface area contributed by atoms with Gasteiger partial charge in [-0.1, -0.05) is 28.1 Å². The van der Waals surface area contributed by atoms with Crippen molar-refractivity contribution < 1.29 is 9.53 Å². The molecule has 1 aromatic carbocycles. The van der Waals surface area contributed by atoms with Crippen LogP contribution in [0.1, 0.15) is 28.5 Å². The van der Waals surface area contributed by atoms with Crippen molar-refractivity contribution in [3.05, 3.63) is 51.8 Å². The van der Waals surface area contributed by atoms with Gasteiger partial charge >= 0.3 is 5.97 Å². The molecule has 0 bridgehead atoms. The summed E-state index contributed by atoms with van der Waals surface area (Å²) in [4.78, 5) is 11.7. The van der Waals surface area contributed by atoms with Gasteiger partial charge in [-0.15, -0.1) is 0 Å². The van der Waals surface area contributed by atoms with Gasteiger partial charge in [0, 0.05) is 4.47 Å². The maximum absolute atomic E-state index is 11.7. The van der Waals surface area contributed by atoms with Crippen molar-refractivity contribution in [2.24, 2.45) is 0 Å². The van der Waals surface area contributed by atoms with E-state index in [0.29, 0.717) is 18.7 Å². The van der Waals surface area contributed by atoms with E-state index in [2.05, 4.69) is 21.0 Å². The maximum atomic E-state index is 11.7. The minimum atomic E-state index is -0.319. The maximum Gasteiger partial charge on any atom is 0.341 e. The first kappa shape index (κ1) is 13.8. The summed E-state index contributed by atoms with van der Waals surface area (Å²) in [6.45, 7) is 4.66. The highest BCUT2D eigenvalue weighted by atomic mass is 79.9. The molecule has 2 aromatic rings. The molecule has 0 N–H and O–H groups in total. The lowest BCUT2D eigenvalue weighted by Crippen LogP contribution is -2.08. The smallest absolute Gasteiger partial charge is 0.341 e. The molecular formula is C14H15BrN2O2. The van der Waals surface area contributed by atoms with E-state index in [4.69, 9.17) is 4.74 Å². The first-order valence-electron chi connectivity index (χ1n) is 6.05. The van der Waals surface area contributed by atoms with Gasteiger partial charge < -0.3 is 4.74 Å². The third kappa shape index (κ3) is 3.23. The Balaban J connectivity index is 2.20. The molecule has 1 aromatic heterocycles. The molecule has 0 fully saturated rings. The van der Waals surface area contributed by atoms with Crippen LogP contribution in [-0.2, 0) is 11.3 Å². The first-order valence-corrected chi connectivity index (χ1v) is 6.85. The summed E-state index contributed by atoms with van der Waals surface area (Å²) in [6, 6.07) is 8.01. The predicted octanol–water partition coefficient (Wildman–Crippen LogP) is 3.18. The SMILES string of the molecule is CCOC(=O)c1cnn(Cc2cccc(Br)c2)c1C. The molecule has 1 heterocycles. The molecule has 0 saturated heterocycles. The van der Waals surface area contributed by atoms with E-state index >= 15 is 0 Å². The van der Waals surface area contributed by atoms with Crippen LogP contribution < -0.4 is 0 Å². The average molecular weight is 323 g/mol. The van der Waals surface area contributed by atoms with Gasteiger partial charge in [0.05, 0.1) is 25.0 Å². The first-order chi connectivity index (χ1) is 9.11. The summed E-state index contributed by atoms with van der Waals surface area (Å²) in [5.41, 5.74) is 2.46. The Bertz CT molecular complexity index is 593. The fourth-order valence-electron chi connectivity index (χ4n) is 1.82. The molecule has 2 rings (SSSR count). The van der Waals surface area contributed by atoms with Crippen LogP contribution in [0.5, 0.6) is 0 Å². The van der Waals surface area contributed by atoms with Gasteiger partial charge in [-0.2, -0.15) is 5.10 Å². The van der Waals surface area contributed by atoms with Gasteiger partial charge in [0.2, 0.25) is 0 Å². The Morgan fingerprint density at radius 2 is 2.26 bits per heavy atom. The van der Waals surface area contributed by atoms with Crippen molar-refractivity contribution in [1.82, 2.24) is 9.78 Å². The summed E-state index contributed by atoms with van der Waals surface area (Å²) >= 11 is 3.44. The Kier molecular flexibility index (Phi) is 4.37. The van der Waals surface area contributed by atoms with Crippen molar-refractivity contribution in [1.29, 1.82) is 0 Å². The molecule has 0 aliphatic carbocycles. The minimum Gasteiger partial charge on any atom is -0.462 e. The van der Waals surface area contributed by atoms with Crippen LogP contribution in [0.25, 0.3) is 0 Å². The van der Waals surface area contributed by atoms with Gasteiger partial charge in [0.25, 0.3) is 0 Å². The predicted molar refractivity (Wildman–Crippen MR) is 76.2 cm³/mol. The van der Waals surface area contributed by atoms with Crippen molar-refractivity contribution >= 4 is 21.9 Å². The molecule has 0 atom stereocenters. The van der Waals surface area contributed by atoms with Gasteiger partial charge in [-0.25, -0.2) is 4.79 Å². The van der Waals surface area contributed by atoms with Crippen molar-refractivity contribution in [3.8, 4) is 0 Å². The number of rotatable bonds is 4. The third-order valence-electron chi connectivity index (χ3n) is 2.82. The van der Waals surface area contributed by atoms with Gasteiger partial charge in [-0.3, -0.25) is 4.68 Å². The molecule has 5 heteroatoms. The zero-order chi connectivity index (χ0) is 13.8. The van der Waals surface area contributed by atoms with E-state index in [1.165, 1.54) is 0 Å². The second-order valence-corrected chi connectivity index (χ2v) is 5.07. The highest BCUT2D eigenvalue weighted by Crippen LogP contribution is 2.15.